The molecule has 30 heavy (non-hydrogen) atoms. The number of alkyl halides is 1. The summed E-state index contributed by atoms with van der Waals surface area (Å²) in [6.45, 7) is 4.94. The first-order valence-corrected chi connectivity index (χ1v) is 10.7. The fourth-order valence-electron chi connectivity index (χ4n) is 5.75. The quantitative estimate of drug-likeness (QED) is 0.821. The van der Waals surface area contributed by atoms with Crippen molar-refractivity contribution in [1.82, 2.24) is 19.9 Å². The molecule has 0 amide bonds. The maximum atomic E-state index is 14.4. The van der Waals surface area contributed by atoms with E-state index in [1.807, 2.05) is 6.07 Å². The van der Waals surface area contributed by atoms with Crippen LogP contribution < -0.4 is 15.5 Å². The largest absolute Gasteiger partial charge is 0.374 e. The van der Waals surface area contributed by atoms with Gasteiger partial charge in [-0.1, -0.05) is 0 Å². The molecule has 158 valence electrons. The van der Waals surface area contributed by atoms with Crippen molar-refractivity contribution in [2.45, 2.75) is 44.0 Å². The summed E-state index contributed by atoms with van der Waals surface area (Å²) in [5, 5.41) is 0. The minimum atomic E-state index is -1.04. The predicted octanol–water partition coefficient (Wildman–Crippen LogP) is 2.07. The van der Waals surface area contributed by atoms with Gasteiger partial charge in [0, 0.05) is 43.7 Å². The third-order valence-corrected chi connectivity index (χ3v) is 7.10. The van der Waals surface area contributed by atoms with E-state index >= 15 is 0 Å². The normalized spacial score (nSPS) is 34.7. The smallest absolute Gasteiger partial charge is 0.227 e. The van der Waals surface area contributed by atoms with Crippen LogP contribution in [0.15, 0.2) is 18.5 Å². The van der Waals surface area contributed by atoms with Crippen molar-refractivity contribution >= 4 is 17.7 Å². The third kappa shape index (κ3) is 3.07. The van der Waals surface area contributed by atoms with Crippen LogP contribution in [-0.2, 0) is 4.74 Å². The molecule has 0 radical (unpaired) electrons. The van der Waals surface area contributed by atoms with Gasteiger partial charge in [-0.15, -0.1) is 0 Å². The van der Waals surface area contributed by atoms with E-state index in [4.69, 9.17) is 20.4 Å². The molecule has 2 N–H and O–H groups in total. The van der Waals surface area contributed by atoms with Gasteiger partial charge in [0.1, 0.15) is 11.5 Å². The second-order valence-corrected chi connectivity index (χ2v) is 9.49. The number of nitrogens with zero attached hydrogens (tertiary/aromatic N) is 6. The van der Waals surface area contributed by atoms with Gasteiger partial charge in [0.2, 0.25) is 11.9 Å². The van der Waals surface area contributed by atoms with Gasteiger partial charge in [-0.05, 0) is 38.0 Å². The number of rotatable bonds is 3. The summed E-state index contributed by atoms with van der Waals surface area (Å²) in [4.78, 5) is 22.6. The van der Waals surface area contributed by atoms with E-state index in [9.17, 15) is 4.39 Å². The van der Waals surface area contributed by atoms with Gasteiger partial charge in [0.05, 0.1) is 24.4 Å². The van der Waals surface area contributed by atoms with Crippen LogP contribution in [0.5, 0.6) is 0 Å². The first-order valence-electron chi connectivity index (χ1n) is 10.7. The lowest BCUT2D eigenvalue weighted by Gasteiger charge is -2.29. The number of fused-ring (bicyclic) bond motifs is 3. The van der Waals surface area contributed by atoms with Crippen molar-refractivity contribution in [3.63, 3.8) is 0 Å². The lowest BCUT2D eigenvalue weighted by Crippen LogP contribution is -2.38. The van der Waals surface area contributed by atoms with E-state index in [-0.39, 0.29) is 12.1 Å². The Bertz CT molecular complexity index is 952. The Hall–Kier alpha value is -2.55. The summed E-state index contributed by atoms with van der Waals surface area (Å²) < 4.78 is 20.2. The molecule has 3 aliphatic heterocycles. The summed E-state index contributed by atoms with van der Waals surface area (Å²) in [6.07, 6.45) is 5.97. The van der Waals surface area contributed by atoms with Gasteiger partial charge < -0.3 is 20.3 Å². The van der Waals surface area contributed by atoms with E-state index in [1.54, 1.807) is 19.3 Å². The lowest BCUT2D eigenvalue weighted by atomic mass is 10.0. The summed E-state index contributed by atoms with van der Waals surface area (Å²) >= 11 is 0. The van der Waals surface area contributed by atoms with Crippen LogP contribution in [0.3, 0.4) is 0 Å². The highest BCUT2D eigenvalue weighted by molar-refractivity contribution is 5.65. The zero-order chi connectivity index (χ0) is 20.5. The van der Waals surface area contributed by atoms with Crippen molar-refractivity contribution < 1.29 is 9.13 Å². The fourth-order valence-corrected chi connectivity index (χ4v) is 5.75. The number of aromatic nitrogens is 4. The number of nitrogens with two attached hydrogens (primary N) is 1. The van der Waals surface area contributed by atoms with Crippen LogP contribution >= 0.6 is 0 Å². The number of hydrogen-bond acceptors (Lipinski definition) is 8. The maximum absolute atomic E-state index is 14.4. The Morgan fingerprint density at radius 2 is 1.87 bits per heavy atom. The van der Waals surface area contributed by atoms with Crippen LogP contribution in [0, 0.1) is 11.8 Å². The van der Waals surface area contributed by atoms with Crippen molar-refractivity contribution in [3.8, 4) is 11.3 Å². The molecule has 1 unspecified atom stereocenters. The molecule has 4 fully saturated rings. The highest BCUT2D eigenvalue weighted by Crippen LogP contribution is 2.46. The van der Waals surface area contributed by atoms with Crippen LogP contribution in [0.25, 0.3) is 11.3 Å². The van der Waals surface area contributed by atoms with Crippen LogP contribution in [-0.4, -0.2) is 64.0 Å². The average Bonchev–Trinajstić information content (AvgIpc) is 3.47. The summed E-state index contributed by atoms with van der Waals surface area (Å²) in [6, 6.07) is 2.37. The topological polar surface area (TPSA) is 93.3 Å². The Morgan fingerprint density at radius 3 is 2.50 bits per heavy atom. The zero-order valence-corrected chi connectivity index (χ0v) is 17.0. The van der Waals surface area contributed by atoms with E-state index in [0.29, 0.717) is 36.7 Å². The molecule has 5 heterocycles. The molecule has 2 aromatic rings. The zero-order valence-electron chi connectivity index (χ0n) is 17.0. The minimum Gasteiger partial charge on any atom is -0.374 e. The summed E-state index contributed by atoms with van der Waals surface area (Å²) in [7, 11) is 0. The molecule has 5 atom stereocenters. The third-order valence-electron chi connectivity index (χ3n) is 7.10. The predicted molar refractivity (Wildman–Crippen MR) is 111 cm³/mol. The Morgan fingerprint density at radius 1 is 1.13 bits per heavy atom. The van der Waals surface area contributed by atoms with Gasteiger partial charge in [-0.2, -0.15) is 4.98 Å². The number of nitrogen functional groups attached to an aromatic ring is 1. The van der Waals surface area contributed by atoms with E-state index < -0.39 is 5.67 Å². The van der Waals surface area contributed by atoms with Crippen LogP contribution in [0.1, 0.15) is 26.2 Å². The summed E-state index contributed by atoms with van der Waals surface area (Å²) in [5.41, 5.74) is 6.22. The molecule has 6 rings (SSSR count). The molecule has 1 aliphatic carbocycles. The molecule has 0 aromatic carbocycles. The molecule has 9 heteroatoms. The highest BCUT2D eigenvalue weighted by Gasteiger charge is 2.48. The maximum Gasteiger partial charge on any atom is 0.227 e. The van der Waals surface area contributed by atoms with Crippen molar-refractivity contribution in [3.05, 3.63) is 18.5 Å². The molecule has 8 nitrogen and oxygen atoms in total. The average molecular weight is 411 g/mol. The molecule has 3 saturated heterocycles. The van der Waals surface area contributed by atoms with E-state index in [2.05, 4.69) is 19.8 Å². The molecule has 0 spiro atoms. The highest BCUT2D eigenvalue weighted by atomic mass is 19.1. The molecule has 1 saturated carbocycles. The van der Waals surface area contributed by atoms with Gasteiger partial charge in [-0.25, -0.2) is 19.3 Å². The second kappa shape index (κ2) is 6.47. The summed E-state index contributed by atoms with van der Waals surface area (Å²) in [5.74, 6) is 2.59. The number of halogens is 1. The fraction of sp³-hybridized carbons (Fsp3) is 0.619. The number of ether oxygens (including phenoxy) is 1. The van der Waals surface area contributed by atoms with Gasteiger partial charge in [-0.3, -0.25) is 0 Å². The Kier molecular flexibility index (Phi) is 3.93. The van der Waals surface area contributed by atoms with E-state index in [1.165, 1.54) is 0 Å². The number of anilines is 3. The molecular formula is C21H26FN7O. The van der Waals surface area contributed by atoms with Crippen molar-refractivity contribution in [2.75, 3.05) is 41.8 Å². The standard InChI is InChI=1S/C21H26FN7O/c1-21(22)4-12-8-28(9-13(12)5-21)20-26-17(14-6-24-19(23)25-7-14)3-18(27-20)29-10-16-2-15(29)11-30-16/h3,6-7,12-13,15-16H,2,4-5,8-11H2,1H3,(H2,23,24,25)/t12-,13+,15-,16-,21?/m0/s1. The van der Waals surface area contributed by atoms with Gasteiger partial charge >= 0.3 is 0 Å². The lowest BCUT2D eigenvalue weighted by molar-refractivity contribution is 0.0989. The van der Waals surface area contributed by atoms with Crippen molar-refractivity contribution in [2.24, 2.45) is 11.8 Å². The first-order chi connectivity index (χ1) is 14.4. The molecule has 4 aliphatic rings. The SMILES string of the molecule is CC1(F)C[C@H]2CN(c3nc(-c4cnc(N)nc4)cc(N4C[C@@H]5C[C@H]4CO5)n3)C[C@H]2C1. The van der Waals surface area contributed by atoms with Crippen molar-refractivity contribution in [1.29, 1.82) is 0 Å². The Labute approximate surface area is 174 Å². The molecule has 2 aromatic heterocycles. The second-order valence-electron chi connectivity index (χ2n) is 9.49. The van der Waals surface area contributed by atoms with E-state index in [0.717, 1.165) is 49.7 Å². The van der Waals surface area contributed by atoms with Crippen LogP contribution in [0.2, 0.25) is 0 Å². The van der Waals surface area contributed by atoms with Gasteiger partial charge in [0.15, 0.2) is 0 Å². The Balaban J connectivity index is 1.35. The molecular weight excluding hydrogens is 385 g/mol. The molecule has 2 bridgehead atoms. The number of morpholine rings is 1. The minimum absolute atomic E-state index is 0.240. The monoisotopic (exact) mass is 411 g/mol. The van der Waals surface area contributed by atoms with Gasteiger partial charge in [0.25, 0.3) is 0 Å². The number of hydrogen-bond donors (Lipinski definition) is 1. The first kappa shape index (κ1) is 18.2. The van der Waals surface area contributed by atoms with Crippen LogP contribution in [0.4, 0.5) is 22.1 Å².